The highest BCUT2D eigenvalue weighted by Gasteiger charge is 2.11. The van der Waals surface area contributed by atoms with E-state index in [1.807, 2.05) is 0 Å². The molecule has 0 aliphatic heterocycles. The molecule has 0 radical (unpaired) electrons. The van der Waals surface area contributed by atoms with Crippen molar-refractivity contribution >= 4 is 33.2 Å². The zero-order chi connectivity index (χ0) is 12.8. The van der Waals surface area contributed by atoms with Crippen molar-refractivity contribution in [1.29, 1.82) is 0 Å². The Balaban J connectivity index is 1.91. The molecule has 0 saturated carbocycles. The first-order valence-corrected chi connectivity index (χ1v) is 7.83. The number of aliphatic imine (C=N–C) groups is 1. The van der Waals surface area contributed by atoms with Crippen molar-refractivity contribution in [2.75, 3.05) is 6.54 Å². The topological polar surface area (TPSA) is 36.4 Å². The molecule has 1 aromatic heterocycles. The van der Waals surface area contributed by atoms with Crippen LogP contribution in [0.4, 0.5) is 0 Å². The summed E-state index contributed by atoms with van der Waals surface area (Å²) in [4.78, 5) is 5.88. The van der Waals surface area contributed by atoms with Gasteiger partial charge in [0.05, 0.1) is 10.3 Å². The van der Waals surface area contributed by atoms with Gasteiger partial charge in [0.1, 0.15) is 0 Å². The quantitative estimate of drug-likeness (QED) is 0.506. The summed E-state index contributed by atoms with van der Waals surface area (Å²) in [6, 6.07) is 4.67. The molecule has 1 aromatic rings. The lowest BCUT2D eigenvalue weighted by Crippen LogP contribution is -2.42. The Morgan fingerprint density at radius 3 is 2.83 bits per heavy atom. The minimum atomic E-state index is 0.498. The lowest BCUT2D eigenvalue weighted by molar-refractivity contribution is 0.633. The smallest absolute Gasteiger partial charge is 0.191 e. The monoisotopic (exact) mass is 327 g/mol. The van der Waals surface area contributed by atoms with Crippen molar-refractivity contribution in [3.05, 3.63) is 32.9 Å². The minimum Gasteiger partial charge on any atom is -0.357 e. The van der Waals surface area contributed by atoms with Gasteiger partial charge >= 0.3 is 0 Å². The minimum absolute atomic E-state index is 0.498. The SMILES string of the molecule is CCNC(=NCc1ccc(Br)s1)NC1CC=CC1. The lowest BCUT2D eigenvalue weighted by Gasteiger charge is -2.16. The van der Waals surface area contributed by atoms with Gasteiger partial charge in [-0.15, -0.1) is 11.3 Å². The first-order valence-electron chi connectivity index (χ1n) is 6.22. The molecule has 0 bridgehead atoms. The van der Waals surface area contributed by atoms with Crippen LogP contribution in [0.1, 0.15) is 24.6 Å². The van der Waals surface area contributed by atoms with E-state index >= 15 is 0 Å². The second kappa shape index (κ2) is 6.95. The van der Waals surface area contributed by atoms with Crippen molar-refractivity contribution in [1.82, 2.24) is 10.6 Å². The van der Waals surface area contributed by atoms with Crippen LogP contribution >= 0.6 is 27.3 Å². The van der Waals surface area contributed by atoms with Gasteiger partial charge in [-0.25, -0.2) is 4.99 Å². The summed E-state index contributed by atoms with van der Waals surface area (Å²) < 4.78 is 1.16. The highest BCUT2D eigenvalue weighted by atomic mass is 79.9. The molecule has 0 spiro atoms. The number of guanidine groups is 1. The zero-order valence-corrected chi connectivity index (χ0v) is 12.9. The van der Waals surface area contributed by atoms with Gasteiger partial charge in [0, 0.05) is 17.5 Å². The molecule has 98 valence electrons. The Morgan fingerprint density at radius 1 is 1.44 bits per heavy atom. The molecule has 3 nitrogen and oxygen atoms in total. The summed E-state index contributed by atoms with van der Waals surface area (Å²) in [5, 5.41) is 6.75. The van der Waals surface area contributed by atoms with E-state index < -0.39 is 0 Å². The number of halogens is 1. The molecular formula is C13H18BrN3S. The predicted molar refractivity (Wildman–Crippen MR) is 82.1 cm³/mol. The molecule has 1 aliphatic carbocycles. The summed E-state index contributed by atoms with van der Waals surface area (Å²) in [6.45, 7) is 3.71. The molecule has 18 heavy (non-hydrogen) atoms. The van der Waals surface area contributed by atoms with Crippen LogP contribution in [0.3, 0.4) is 0 Å². The molecule has 2 rings (SSSR count). The third-order valence-electron chi connectivity index (χ3n) is 2.71. The Morgan fingerprint density at radius 2 is 2.22 bits per heavy atom. The van der Waals surface area contributed by atoms with Crippen LogP contribution in [0, 0.1) is 0 Å². The third kappa shape index (κ3) is 4.14. The van der Waals surface area contributed by atoms with E-state index in [1.54, 1.807) is 11.3 Å². The van der Waals surface area contributed by atoms with E-state index in [-0.39, 0.29) is 0 Å². The van der Waals surface area contributed by atoms with E-state index in [4.69, 9.17) is 0 Å². The van der Waals surface area contributed by atoms with Crippen molar-refractivity contribution < 1.29 is 0 Å². The molecule has 0 fully saturated rings. The molecule has 0 saturated heterocycles. The molecule has 0 amide bonds. The predicted octanol–water partition coefficient (Wildman–Crippen LogP) is 3.28. The number of nitrogens with one attached hydrogen (secondary N) is 2. The Labute approximate surface area is 121 Å². The molecular weight excluding hydrogens is 310 g/mol. The third-order valence-corrected chi connectivity index (χ3v) is 4.32. The van der Waals surface area contributed by atoms with Crippen LogP contribution in [-0.2, 0) is 6.54 Å². The Bertz CT molecular complexity index is 431. The van der Waals surface area contributed by atoms with Crippen molar-refractivity contribution in [2.45, 2.75) is 32.4 Å². The zero-order valence-electron chi connectivity index (χ0n) is 10.4. The summed E-state index contributed by atoms with van der Waals surface area (Å²) in [5.41, 5.74) is 0. The summed E-state index contributed by atoms with van der Waals surface area (Å²) in [7, 11) is 0. The first-order chi connectivity index (χ1) is 8.78. The molecule has 1 heterocycles. The molecule has 1 aliphatic rings. The van der Waals surface area contributed by atoms with Gasteiger partial charge in [-0.3, -0.25) is 0 Å². The summed E-state index contributed by atoms with van der Waals surface area (Å²) in [5.74, 6) is 0.913. The van der Waals surface area contributed by atoms with Crippen LogP contribution in [-0.4, -0.2) is 18.5 Å². The van der Waals surface area contributed by atoms with Crippen LogP contribution in [0.15, 0.2) is 33.1 Å². The largest absolute Gasteiger partial charge is 0.357 e. The number of hydrogen-bond donors (Lipinski definition) is 2. The van der Waals surface area contributed by atoms with E-state index in [0.29, 0.717) is 6.04 Å². The molecule has 0 atom stereocenters. The second-order valence-corrected chi connectivity index (χ2v) is 6.73. The van der Waals surface area contributed by atoms with Crippen LogP contribution in [0.25, 0.3) is 0 Å². The summed E-state index contributed by atoms with van der Waals surface area (Å²) >= 11 is 5.20. The fourth-order valence-corrected chi connectivity index (χ4v) is 3.25. The number of rotatable bonds is 4. The van der Waals surface area contributed by atoms with Crippen molar-refractivity contribution in [2.24, 2.45) is 4.99 Å². The van der Waals surface area contributed by atoms with E-state index in [2.05, 4.69) is 62.8 Å². The molecule has 0 unspecified atom stereocenters. The van der Waals surface area contributed by atoms with E-state index in [9.17, 15) is 0 Å². The second-order valence-electron chi connectivity index (χ2n) is 4.19. The fourth-order valence-electron chi connectivity index (χ4n) is 1.84. The Hall–Kier alpha value is -0.810. The first kappa shape index (κ1) is 13.6. The van der Waals surface area contributed by atoms with Gasteiger partial charge in [0.2, 0.25) is 0 Å². The van der Waals surface area contributed by atoms with Crippen LogP contribution in [0.2, 0.25) is 0 Å². The van der Waals surface area contributed by atoms with Gasteiger partial charge in [-0.05, 0) is 47.8 Å². The van der Waals surface area contributed by atoms with Gasteiger partial charge in [0.15, 0.2) is 5.96 Å². The highest BCUT2D eigenvalue weighted by molar-refractivity contribution is 9.11. The highest BCUT2D eigenvalue weighted by Crippen LogP contribution is 2.22. The van der Waals surface area contributed by atoms with Gasteiger partial charge < -0.3 is 10.6 Å². The number of hydrogen-bond acceptors (Lipinski definition) is 2. The maximum atomic E-state index is 4.62. The maximum absolute atomic E-state index is 4.62. The average Bonchev–Trinajstić information content (AvgIpc) is 2.98. The maximum Gasteiger partial charge on any atom is 0.191 e. The van der Waals surface area contributed by atoms with Crippen molar-refractivity contribution in [3.63, 3.8) is 0 Å². The van der Waals surface area contributed by atoms with Crippen molar-refractivity contribution in [3.8, 4) is 0 Å². The van der Waals surface area contributed by atoms with Gasteiger partial charge in [-0.2, -0.15) is 0 Å². The average molecular weight is 328 g/mol. The lowest BCUT2D eigenvalue weighted by atomic mass is 10.2. The molecule has 0 aromatic carbocycles. The fraction of sp³-hybridized carbons (Fsp3) is 0.462. The van der Waals surface area contributed by atoms with E-state index in [0.717, 1.165) is 35.7 Å². The standard InChI is InChI=1S/C13H18BrN3S/c1-2-15-13(17-10-5-3-4-6-10)16-9-11-7-8-12(14)18-11/h3-4,7-8,10H,2,5-6,9H2,1H3,(H2,15,16,17). The Kier molecular flexibility index (Phi) is 5.26. The summed E-state index contributed by atoms with van der Waals surface area (Å²) in [6.07, 6.45) is 6.62. The van der Waals surface area contributed by atoms with Gasteiger partial charge in [-0.1, -0.05) is 12.2 Å². The molecule has 5 heteroatoms. The number of thiophene rings is 1. The molecule has 2 N–H and O–H groups in total. The van der Waals surface area contributed by atoms with E-state index in [1.165, 1.54) is 4.88 Å². The van der Waals surface area contributed by atoms with Crippen LogP contribution < -0.4 is 10.6 Å². The van der Waals surface area contributed by atoms with Gasteiger partial charge in [0.25, 0.3) is 0 Å². The number of nitrogens with zero attached hydrogens (tertiary/aromatic N) is 1. The normalized spacial score (nSPS) is 16.2. The van der Waals surface area contributed by atoms with Crippen LogP contribution in [0.5, 0.6) is 0 Å².